The molecule has 0 aliphatic heterocycles. The molecule has 0 spiro atoms. The number of carbonyl (C=O) groups excluding carboxylic acids is 1. The molecule has 4 rings (SSSR count). The molecule has 1 amide bonds. The molecule has 11 heteroatoms. The number of halogens is 3. The quantitative estimate of drug-likeness (QED) is 0.471. The summed E-state index contributed by atoms with van der Waals surface area (Å²) in [5, 5.41) is 7.87. The van der Waals surface area contributed by atoms with E-state index in [-0.39, 0.29) is 23.4 Å². The van der Waals surface area contributed by atoms with E-state index in [9.17, 15) is 18.0 Å². The first-order chi connectivity index (χ1) is 15.2. The number of aryl methyl sites for hydroxylation is 1. The third-order valence-electron chi connectivity index (χ3n) is 5.05. The Bertz CT molecular complexity index is 1280. The lowest BCUT2D eigenvalue weighted by atomic mass is 10.1. The van der Waals surface area contributed by atoms with Gasteiger partial charge < -0.3 is 9.64 Å². The minimum absolute atomic E-state index is 0.0319. The SMILES string of the molecule is COc1ccc(-c2cc(C(F)(F)F)n3ncc(C(=O)N(C)Cc4ccnn4C)c3n2)cc1. The van der Waals surface area contributed by atoms with E-state index in [4.69, 9.17) is 4.74 Å². The van der Waals surface area contributed by atoms with Crippen molar-refractivity contribution in [2.75, 3.05) is 14.2 Å². The first kappa shape index (κ1) is 21.3. The summed E-state index contributed by atoms with van der Waals surface area (Å²) in [6.07, 6.45) is -1.99. The number of rotatable bonds is 5. The van der Waals surface area contributed by atoms with Crippen LogP contribution in [-0.2, 0) is 19.8 Å². The molecule has 3 aromatic heterocycles. The van der Waals surface area contributed by atoms with Gasteiger partial charge >= 0.3 is 6.18 Å². The molecule has 166 valence electrons. The van der Waals surface area contributed by atoms with Gasteiger partial charge in [0, 0.05) is 25.9 Å². The molecule has 0 atom stereocenters. The number of carbonyl (C=O) groups is 1. The molecule has 0 fully saturated rings. The molecule has 32 heavy (non-hydrogen) atoms. The molecular weight excluding hydrogens is 425 g/mol. The second-order valence-corrected chi connectivity index (χ2v) is 7.15. The first-order valence-electron chi connectivity index (χ1n) is 9.52. The number of hydrogen-bond donors (Lipinski definition) is 0. The van der Waals surface area contributed by atoms with Crippen molar-refractivity contribution in [1.29, 1.82) is 0 Å². The summed E-state index contributed by atoms with van der Waals surface area (Å²) in [5.41, 5.74) is 0.0443. The average molecular weight is 444 g/mol. The van der Waals surface area contributed by atoms with E-state index in [1.54, 1.807) is 55.3 Å². The topological polar surface area (TPSA) is 77.5 Å². The van der Waals surface area contributed by atoms with Gasteiger partial charge in [-0.15, -0.1) is 0 Å². The van der Waals surface area contributed by atoms with Gasteiger partial charge in [0.2, 0.25) is 0 Å². The van der Waals surface area contributed by atoms with Crippen LogP contribution in [0.15, 0.2) is 48.8 Å². The highest BCUT2D eigenvalue weighted by Crippen LogP contribution is 2.33. The summed E-state index contributed by atoms with van der Waals surface area (Å²) in [6.45, 7) is 0.219. The molecule has 0 bridgehead atoms. The Balaban J connectivity index is 1.80. The molecule has 0 saturated heterocycles. The van der Waals surface area contributed by atoms with Gasteiger partial charge in [-0.25, -0.2) is 9.50 Å². The Morgan fingerprint density at radius 1 is 1.16 bits per heavy atom. The Morgan fingerprint density at radius 2 is 1.88 bits per heavy atom. The van der Waals surface area contributed by atoms with Crippen LogP contribution >= 0.6 is 0 Å². The van der Waals surface area contributed by atoms with Crippen LogP contribution in [0.3, 0.4) is 0 Å². The van der Waals surface area contributed by atoms with Crippen molar-refractivity contribution in [1.82, 2.24) is 29.3 Å². The maximum Gasteiger partial charge on any atom is 0.433 e. The summed E-state index contributed by atoms with van der Waals surface area (Å²) in [6, 6.07) is 9.11. The number of methoxy groups -OCH3 is 1. The predicted octanol–water partition coefficient (Wildman–Crippen LogP) is 3.43. The molecule has 8 nitrogen and oxygen atoms in total. The van der Waals surface area contributed by atoms with Crippen LogP contribution in [0.4, 0.5) is 13.2 Å². The largest absolute Gasteiger partial charge is 0.497 e. The van der Waals surface area contributed by atoms with E-state index in [1.807, 2.05) is 0 Å². The monoisotopic (exact) mass is 444 g/mol. The van der Waals surface area contributed by atoms with Gasteiger partial charge in [-0.1, -0.05) is 0 Å². The van der Waals surface area contributed by atoms with Crippen molar-refractivity contribution in [3.8, 4) is 17.0 Å². The van der Waals surface area contributed by atoms with E-state index >= 15 is 0 Å². The molecule has 0 aliphatic rings. The molecule has 0 radical (unpaired) electrons. The van der Waals surface area contributed by atoms with Crippen LogP contribution in [0.1, 0.15) is 21.7 Å². The highest BCUT2D eigenvalue weighted by molar-refractivity contribution is 5.99. The van der Waals surface area contributed by atoms with Crippen molar-refractivity contribution in [3.63, 3.8) is 0 Å². The van der Waals surface area contributed by atoms with E-state index in [1.165, 1.54) is 12.0 Å². The Kier molecular flexibility index (Phi) is 5.33. The molecule has 0 aliphatic carbocycles. The third-order valence-corrected chi connectivity index (χ3v) is 5.05. The number of hydrogen-bond acceptors (Lipinski definition) is 5. The molecule has 4 aromatic rings. The predicted molar refractivity (Wildman–Crippen MR) is 109 cm³/mol. The fourth-order valence-electron chi connectivity index (χ4n) is 3.30. The van der Waals surface area contributed by atoms with E-state index in [0.29, 0.717) is 15.8 Å². The first-order valence-corrected chi connectivity index (χ1v) is 9.52. The third kappa shape index (κ3) is 3.88. The Hall–Kier alpha value is -3.89. The van der Waals surface area contributed by atoms with Crippen molar-refractivity contribution >= 4 is 11.6 Å². The lowest BCUT2D eigenvalue weighted by Gasteiger charge is -2.17. The van der Waals surface area contributed by atoms with Gasteiger partial charge in [0.25, 0.3) is 5.91 Å². The fraction of sp³-hybridized carbons (Fsp3) is 0.238. The average Bonchev–Trinajstić information content (AvgIpc) is 3.37. The van der Waals surface area contributed by atoms with Gasteiger partial charge in [-0.3, -0.25) is 9.48 Å². The maximum atomic E-state index is 13.8. The van der Waals surface area contributed by atoms with Gasteiger partial charge in [0.05, 0.1) is 31.2 Å². The number of amides is 1. The number of benzene rings is 1. The number of fused-ring (bicyclic) bond motifs is 1. The van der Waals surface area contributed by atoms with Crippen molar-refractivity contribution in [3.05, 3.63) is 65.7 Å². The highest BCUT2D eigenvalue weighted by atomic mass is 19.4. The van der Waals surface area contributed by atoms with Crippen LogP contribution in [-0.4, -0.2) is 49.3 Å². The lowest BCUT2D eigenvalue weighted by Crippen LogP contribution is -2.27. The normalized spacial score (nSPS) is 11.7. The summed E-state index contributed by atoms with van der Waals surface area (Å²) >= 11 is 0. The zero-order chi connectivity index (χ0) is 23.0. The molecule has 3 heterocycles. The standard InChI is InChI=1S/C21H19F3N6O2/c1-28(12-14-8-9-25-29(14)2)20(31)16-11-26-30-18(21(22,23)24)10-17(27-19(16)30)13-4-6-15(32-3)7-5-13/h4-11H,12H2,1-3H3. The molecular formula is C21H19F3N6O2. The van der Waals surface area contributed by atoms with Crippen molar-refractivity contribution in [2.45, 2.75) is 12.7 Å². The van der Waals surface area contributed by atoms with Crippen molar-refractivity contribution in [2.24, 2.45) is 7.05 Å². The summed E-state index contributed by atoms with van der Waals surface area (Å²) in [7, 11) is 4.78. The van der Waals surface area contributed by atoms with Crippen LogP contribution in [0.5, 0.6) is 5.75 Å². The van der Waals surface area contributed by atoms with Crippen LogP contribution in [0.25, 0.3) is 16.9 Å². The van der Waals surface area contributed by atoms with E-state index in [0.717, 1.165) is 18.0 Å². The number of alkyl halides is 3. The fourth-order valence-corrected chi connectivity index (χ4v) is 3.30. The maximum absolute atomic E-state index is 13.8. The van der Waals surface area contributed by atoms with Gasteiger partial charge in [0.1, 0.15) is 11.3 Å². The van der Waals surface area contributed by atoms with Crippen LogP contribution in [0, 0.1) is 0 Å². The lowest BCUT2D eigenvalue weighted by molar-refractivity contribution is -0.142. The smallest absolute Gasteiger partial charge is 0.433 e. The highest BCUT2D eigenvalue weighted by Gasteiger charge is 2.36. The summed E-state index contributed by atoms with van der Waals surface area (Å²) in [5.74, 6) is 0.0524. The van der Waals surface area contributed by atoms with Gasteiger partial charge in [-0.05, 0) is 36.4 Å². The van der Waals surface area contributed by atoms with E-state index < -0.39 is 17.8 Å². The number of ether oxygens (including phenoxy) is 1. The second-order valence-electron chi connectivity index (χ2n) is 7.15. The summed E-state index contributed by atoms with van der Waals surface area (Å²) < 4.78 is 48.7. The summed E-state index contributed by atoms with van der Waals surface area (Å²) in [4.78, 5) is 18.8. The molecule has 1 aromatic carbocycles. The second kappa shape index (κ2) is 7.98. The molecule has 0 N–H and O–H groups in total. The van der Waals surface area contributed by atoms with Gasteiger partial charge in [-0.2, -0.15) is 23.4 Å². The van der Waals surface area contributed by atoms with Crippen LogP contribution < -0.4 is 4.74 Å². The Labute approximate surface area is 180 Å². The number of aromatic nitrogens is 5. The molecule has 0 saturated carbocycles. The zero-order valence-corrected chi connectivity index (χ0v) is 17.5. The minimum Gasteiger partial charge on any atom is -0.497 e. The zero-order valence-electron chi connectivity index (χ0n) is 17.5. The Morgan fingerprint density at radius 3 is 2.47 bits per heavy atom. The van der Waals surface area contributed by atoms with Crippen LogP contribution in [0.2, 0.25) is 0 Å². The molecule has 0 unspecified atom stereocenters. The van der Waals surface area contributed by atoms with Gasteiger partial charge in [0.15, 0.2) is 11.3 Å². The minimum atomic E-state index is -4.70. The number of nitrogens with zero attached hydrogens (tertiary/aromatic N) is 6. The van der Waals surface area contributed by atoms with E-state index in [2.05, 4.69) is 15.2 Å². The van der Waals surface area contributed by atoms with Crippen molar-refractivity contribution < 1.29 is 22.7 Å².